The van der Waals surface area contributed by atoms with Gasteiger partial charge in [0.15, 0.2) is 9.84 Å². The average Bonchev–Trinajstić information content (AvgIpc) is 2.43. The molecule has 1 aliphatic carbocycles. The van der Waals surface area contributed by atoms with Crippen LogP contribution in [0, 0.1) is 0 Å². The molecule has 2 N–H and O–H groups in total. The highest BCUT2D eigenvalue weighted by Crippen LogP contribution is 2.20. The summed E-state index contributed by atoms with van der Waals surface area (Å²) < 4.78 is 22.7. The maximum Gasteiger partial charge on any atom is 0.154 e. The van der Waals surface area contributed by atoms with Gasteiger partial charge < -0.3 is 10.4 Å². The molecule has 2 atom stereocenters. The molecule has 0 spiro atoms. The van der Waals surface area contributed by atoms with Crippen LogP contribution in [-0.2, 0) is 9.84 Å². The van der Waals surface area contributed by atoms with Gasteiger partial charge in [0.1, 0.15) is 0 Å². The van der Waals surface area contributed by atoms with Crippen LogP contribution < -0.4 is 5.32 Å². The highest BCUT2D eigenvalue weighted by molar-refractivity contribution is 7.91. The first-order valence-corrected chi connectivity index (χ1v) is 8.03. The molecular formula is C11H21NO3S. The molecule has 1 heterocycles. The number of hydrogen-bond donors (Lipinski definition) is 2. The Morgan fingerprint density at radius 1 is 1.00 bits per heavy atom. The Morgan fingerprint density at radius 3 is 2.12 bits per heavy atom. The molecule has 1 saturated heterocycles. The fourth-order valence-electron chi connectivity index (χ4n) is 2.74. The molecular weight excluding hydrogens is 226 g/mol. The van der Waals surface area contributed by atoms with Gasteiger partial charge >= 0.3 is 0 Å². The first kappa shape index (κ1) is 12.3. The van der Waals surface area contributed by atoms with Crippen molar-refractivity contribution < 1.29 is 13.5 Å². The minimum absolute atomic E-state index is 0.0720. The van der Waals surface area contributed by atoms with E-state index in [0.717, 1.165) is 12.8 Å². The molecule has 0 aromatic carbocycles. The van der Waals surface area contributed by atoms with Crippen LogP contribution in [0.25, 0.3) is 0 Å². The topological polar surface area (TPSA) is 66.4 Å². The van der Waals surface area contributed by atoms with Gasteiger partial charge in [-0.1, -0.05) is 25.7 Å². The number of rotatable bonds is 2. The SMILES string of the molecule is O=S1(=O)C[C@H](NC2CCCCCC2)[C@@H](O)C1. The van der Waals surface area contributed by atoms with Crippen molar-refractivity contribution in [2.24, 2.45) is 0 Å². The van der Waals surface area contributed by atoms with Gasteiger partial charge in [0.05, 0.1) is 17.6 Å². The second kappa shape index (κ2) is 5.02. The predicted molar refractivity (Wildman–Crippen MR) is 63.1 cm³/mol. The summed E-state index contributed by atoms with van der Waals surface area (Å²) in [6.07, 6.45) is 6.51. The summed E-state index contributed by atoms with van der Waals surface area (Å²) in [7, 11) is -3.02. The molecule has 2 aliphatic rings. The van der Waals surface area contributed by atoms with E-state index in [1.807, 2.05) is 0 Å². The normalized spacial score (nSPS) is 36.1. The van der Waals surface area contributed by atoms with Gasteiger partial charge in [-0.05, 0) is 12.8 Å². The van der Waals surface area contributed by atoms with Crippen LogP contribution in [0.1, 0.15) is 38.5 Å². The summed E-state index contributed by atoms with van der Waals surface area (Å²) in [5, 5.41) is 13.0. The van der Waals surface area contributed by atoms with Crippen molar-refractivity contribution in [3.8, 4) is 0 Å². The zero-order valence-electron chi connectivity index (χ0n) is 9.56. The number of aliphatic hydroxyl groups excluding tert-OH is 1. The molecule has 0 radical (unpaired) electrons. The van der Waals surface area contributed by atoms with E-state index in [9.17, 15) is 13.5 Å². The first-order chi connectivity index (χ1) is 7.57. The van der Waals surface area contributed by atoms with Crippen molar-refractivity contribution in [2.75, 3.05) is 11.5 Å². The average molecular weight is 247 g/mol. The van der Waals surface area contributed by atoms with E-state index < -0.39 is 15.9 Å². The largest absolute Gasteiger partial charge is 0.390 e. The number of sulfone groups is 1. The van der Waals surface area contributed by atoms with Gasteiger partial charge in [0, 0.05) is 12.1 Å². The van der Waals surface area contributed by atoms with Gasteiger partial charge in [-0.15, -0.1) is 0 Å². The highest BCUT2D eigenvalue weighted by atomic mass is 32.2. The summed E-state index contributed by atoms with van der Waals surface area (Å²) in [6.45, 7) is 0. The van der Waals surface area contributed by atoms with Crippen LogP contribution in [0.3, 0.4) is 0 Å². The second-order valence-electron chi connectivity index (χ2n) is 5.11. The Labute approximate surface area is 97.3 Å². The maximum absolute atomic E-state index is 11.4. The quantitative estimate of drug-likeness (QED) is 0.696. The lowest BCUT2D eigenvalue weighted by atomic mass is 10.1. The van der Waals surface area contributed by atoms with Gasteiger partial charge in [0.2, 0.25) is 0 Å². The minimum atomic E-state index is -3.02. The molecule has 1 aliphatic heterocycles. The van der Waals surface area contributed by atoms with Crippen LogP contribution in [0.4, 0.5) is 0 Å². The molecule has 94 valence electrons. The van der Waals surface area contributed by atoms with Crippen LogP contribution in [-0.4, -0.2) is 43.2 Å². The summed E-state index contributed by atoms with van der Waals surface area (Å²) in [5.74, 6) is 0.0298. The Hall–Kier alpha value is -0.130. The Kier molecular flexibility index (Phi) is 3.87. The molecule has 16 heavy (non-hydrogen) atoms. The third kappa shape index (κ3) is 3.18. The van der Waals surface area contributed by atoms with Crippen molar-refractivity contribution >= 4 is 9.84 Å². The van der Waals surface area contributed by atoms with E-state index in [2.05, 4.69) is 5.32 Å². The van der Waals surface area contributed by atoms with Crippen molar-refractivity contribution in [3.05, 3.63) is 0 Å². The molecule has 5 heteroatoms. The maximum atomic E-state index is 11.4. The lowest BCUT2D eigenvalue weighted by Gasteiger charge is -2.22. The van der Waals surface area contributed by atoms with E-state index in [1.54, 1.807) is 0 Å². The molecule has 0 aromatic heterocycles. The van der Waals surface area contributed by atoms with Crippen LogP contribution in [0.15, 0.2) is 0 Å². The minimum Gasteiger partial charge on any atom is -0.390 e. The summed E-state index contributed by atoms with van der Waals surface area (Å²) in [4.78, 5) is 0. The summed E-state index contributed by atoms with van der Waals surface area (Å²) >= 11 is 0. The standard InChI is InChI=1S/C11H21NO3S/c13-11-8-16(14,15)7-10(11)12-9-5-3-1-2-4-6-9/h9-13H,1-8H2/t10-,11-/m0/s1. The number of aliphatic hydroxyl groups is 1. The third-order valence-corrected chi connectivity index (χ3v) is 5.34. The Balaban J connectivity index is 1.89. The molecule has 0 unspecified atom stereocenters. The Bertz CT molecular complexity index is 320. The van der Waals surface area contributed by atoms with Gasteiger partial charge in [0.25, 0.3) is 0 Å². The van der Waals surface area contributed by atoms with E-state index >= 15 is 0 Å². The molecule has 2 rings (SSSR count). The van der Waals surface area contributed by atoms with Crippen LogP contribution in [0.5, 0.6) is 0 Å². The lowest BCUT2D eigenvalue weighted by Crippen LogP contribution is -2.44. The fourth-order valence-corrected chi connectivity index (χ4v) is 4.49. The zero-order chi connectivity index (χ0) is 11.6. The predicted octanol–water partition coefficient (Wildman–Crippen LogP) is 0.457. The number of nitrogens with one attached hydrogen (secondary N) is 1. The molecule has 4 nitrogen and oxygen atoms in total. The zero-order valence-corrected chi connectivity index (χ0v) is 10.4. The van der Waals surface area contributed by atoms with Crippen molar-refractivity contribution in [2.45, 2.75) is 56.7 Å². The van der Waals surface area contributed by atoms with Crippen LogP contribution in [0.2, 0.25) is 0 Å². The van der Waals surface area contributed by atoms with Gasteiger partial charge in [-0.25, -0.2) is 8.42 Å². The van der Waals surface area contributed by atoms with Crippen molar-refractivity contribution in [3.63, 3.8) is 0 Å². The van der Waals surface area contributed by atoms with Gasteiger partial charge in [-0.2, -0.15) is 0 Å². The van der Waals surface area contributed by atoms with Crippen molar-refractivity contribution in [1.29, 1.82) is 0 Å². The van der Waals surface area contributed by atoms with Gasteiger partial charge in [-0.3, -0.25) is 0 Å². The van der Waals surface area contributed by atoms with Crippen LogP contribution >= 0.6 is 0 Å². The second-order valence-corrected chi connectivity index (χ2v) is 7.26. The first-order valence-electron chi connectivity index (χ1n) is 6.21. The smallest absolute Gasteiger partial charge is 0.154 e. The number of hydrogen-bond acceptors (Lipinski definition) is 4. The third-order valence-electron chi connectivity index (χ3n) is 3.63. The molecule has 0 aromatic rings. The van der Waals surface area contributed by atoms with E-state index in [4.69, 9.17) is 0 Å². The van der Waals surface area contributed by atoms with Crippen molar-refractivity contribution in [1.82, 2.24) is 5.32 Å². The summed E-state index contributed by atoms with van der Waals surface area (Å²) in [6, 6.07) is 0.156. The molecule has 2 fully saturated rings. The monoisotopic (exact) mass is 247 g/mol. The molecule has 0 amide bonds. The Morgan fingerprint density at radius 2 is 1.62 bits per heavy atom. The molecule has 0 bridgehead atoms. The van der Waals surface area contributed by atoms with E-state index in [-0.39, 0.29) is 17.5 Å². The summed E-state index contributed by atoms with van der Waals surface area (Å²) in [5.41, 5.74) is 0. The van der Waals surface area contributed by atoms with E-state index in [0.29, 0.717) is 6.04 Å². The fraction of sp³-hybridized carbons (Fsp3) is 1.00. The molecule has 1 saturated carbocycles. The lowest BCUT2D eigenvalue weighted by molar-refractivity contribution is 0.157. The van der Waals surface area contributed by atoms with E-state index in [1.165, 1.54) is 25.7 Å². The highest BCUT2D eigenvalue weighted by Gasteiger charge is 2.37.